The summed E-state index contributed by atoms with van der Waals surface area (Å²) in [6.07, 6.45) is 1.39. The van der Waals surface area contributed by atoms with Crippen molar-refractivity contribution in [1.29, 1.82) is 0 Å². The van der Waals surface area contributed by atoms with Gasteiger partial charge < -0.3 is 5.32 Å². The molecule has 3 unspecified atom stereocenters. The molecule has 0 aromatic rings. The highest BCUT2D eigenvalue weighted by molar-refractivity contribution is 9.11. The van der Waals surface area contributed by atoms with Gasteiger partial charge in [0.05, 0.1) is 0 Å². The lowest BCUT2D eigenvalue weighted by Crippen LogP contribution is -2.29. The van der Waals surface area contributed by atoms with E-state index in [-0.39, 0.29) is 0 Å². The monoisotopic (exact) mass is 217 g/mol. The molecule has 0 aromatic carbocycles. The van der Waals surface area contributed by atoms with Crippen molar-refractivity contribution < 1.29 is 0 Å². The van der Waals surface area contributed by atoms with Crippen LogP contribution in [0, 0.1) is 11.8 Å². The van der Waals surface area contributed by atoms with Crippen LogP contribution in [-0.4, -0.2) is 12.6 Å². The fourth-order valence-electron chi connectivity index (χ4n) is 1.47. The van der Waals surface area contributed by atoms with E-state index in [4.69, 9.17) is 0 Å². The van der Waals surface area contributed by atoms with Crippen molar-refractivity contribution in [3.8, 4) is 0 Å². The van der Waals surface area contributed by atoms with Gasteiger partial charge in [0.1, 0.15) is 0 Å². The molecule has 1 N–H and O–H groups in total. The predicted octanol–water partition coefficient (Wildman–Crippen LogP) is 2.53. The van der Waals surface area contributed by atoms with Crippen LogP contribution in [0.4, 0.5) is 0 Å². The van der Waals surface area contributed by atoms with Crippen LogP contribution in [0.5, 0.6) is 0 Å². The zero-order valence-electron chi connectivity index (χ0n) is 7.23. The van der Waals surface area contributed by atoms with E-state index in [1.165, 1.54) is 6.42 Å². The Morgan fingerprint density at radius 1 is 1.82 bits per heavy atom. The normalized spacial score (nSPS) is 31.5. The molecule has 0 aliphatic heterocycles. The molecule has 0 heterocycles. The Balaban J connectivity index is 2.11. The van der Waals surface area contributed by atoms with Crippen molar-refractivity contribution in [1.82, 2.24) is 5.32 Å². The molecule has 0 spiro atoms. The summed E-state index contributed by atoms with van der Waals surface area (Å²) in [7, 11) is 0. The second-order valence-corrected chi connectivity index (χ2v) is 4.69. The lowest BCUT2D eigenvalue weighted by atomic mass is 10.2. The Hall–Kier alpha value is 0.180. The van der Waals surface area contributed by atoms with Crippen LogP contribution in [-0.2, 0) is 0 Å². The van der Waals surface area contributed by atoms with Gasteiger partial charge in [-0.15, -0.1) is 0 Å². The third-order valence-corrected chi connectivity index (χ3v) is 2.71. The van der Waals surface area contributed by atoms with Crippen LogP contribution in [0.3, 0.4) is 0 Å². The Morgan fingerprint density at radius 3 is 2.73 bits per heavy atom. The van der Waals surface area contributed by atoms with Crippen LogP contribution in [0.2, 0.25) is 0 Å². The van der Waals surface area contributed by atoms with Crippen molar-refractivity contribution in [2.45, 2.75) is 26.3 Å². The summed E-state index contributed by atoms with van der Waals surface area (Å²) in [6, 6.07) is 0.652. The van der Waals surface area contributed by atoms with E-state index in [9.17, 15) is 0 Å². The van der Waals surface area contributed by atoms with Crippen molar-refractivity contribution >= 4 is 15.9 Å². The number of nitrogens with one attached hydrogen (secondary N) is 1. The van der Waals surface area contributed by atoms with Crippen molar-refractivity contribution in [3.05, 3.63) is 11.1 Å². The smallest absolute Gasteiger partial charge is 0.0268 e. The standard InChI is InChI=1S/C9H16BrN/c1-6-4-9(6)8(3)11-5-7(2)10/h6,8-9,11H,2,4-5H2,1,3H3. The topological polar surface area (TPSA) is 12.0 Å². The zero-order chi connectivity index (χ0) is 8.43. The summed E-state index contributed by atoms with van der Waals surface area (Å²) in [5, 5.41) is 3.43. The van der Waals surface area contributed by atoms with Crippen molar-refractivity contribution in [2.24, 2.45) is 11.8 Å². The van der Waals surface area contributed by atoms with Gasteiger partial charge in [-0.1, -0.05) is 29.4 Å². The predicted molar refractivity (Wildman–Crippen MR) is 52.8 cm³/mol. The maximum Gasteiger partial charge on any atom is 0.0268 e. The average molecular weight is 218 g/mol. The molecule has 0 bridgehead atoms. The number of hydrogen-bond acceptors (Lipinski definition) is 1. The van der Waals surface area contributed by atoms with Crippen LogP contribution >= 0.6 is 15.9 Å². The van der Waals surface area contributed by atoms with E-state index in [1.54, 1.807) is 0 Å². The molecule has 1 saturated carbocycles. The molecule has 0 saturated heterocycles. The van der Waals surface area contributed by atoms with Gasteiger partial charge in [-0.2, -0.15) is 0 Å². The molecular formula is C9H16BrN. The Morgan fingerprint density at radius 2 is 2.36 bits per heavy atom. The molecule has 1 fully saturated rings. The van der Waals surface area contributed by atoms with Gasteiger partial charge in [0, 0.05) is 17.1 Å². The van der Waals surface area contributed by atoms with Gasteiger partial charge in [-0.25, -0.2) is 0 Å². The van der Waals surface area contributed by atoms with Gasteiger partial charge in [0.25, 0.3) is 0 Å². The minimum atomic E-state index is 0.652. The Labute approximate surface area is 77.4 Å². The van der Waals surface area contributed by atoms with Crippen LogP contribution < -0.4 is 5.32 Å². The Kier molecular flexibility index (Phi) is 3.14. The van der Waals surface area contributed by atoms with Gasteiger partial charge in [-0.3, -0.25) is 0 Å². The molecule has 11 heavy (non-hydrogen) atoms. The van der Waals surface area contributed by atoms with E-state index in [0.29, 0.717) is 6.04 Å². The van der Waals surface area contributed by atoms with Gasteiger partial charge in [-0.05, 0) is 25.2 Å². The second-order valence-electron chi connectivity index (χ2n) is 3.56. The molecule has 0 amide bonds. The van der Waals surface area contributed by atoms with E-state index in [0.717, 1.165) is 22.9 Å². The first-order valence-corrected chi connectivity index (χ1v) is 4.97. The van der Waals surface area contributed by atoms with Crippen molar-refractivity contribution in [2.75, 3.05) is 6.54 Å². The molecule has 0 aromatic heterocycles. The van der Waals surface area contributed by atoms with Gasteiger partial charge in [0.15, 0.2) is 0 Å². The van der Waals surface area contributed by atoms with Crippen molar-refractivity contribution in [3.63, 3.8) is 0 Å². The molecule has 1 aliphatic rings. The molecule has 1 aliphatic carbocycles. The summed E-state index contributed by atoms with van der Waals surface area (Å²) in [5.74, 6) is 1.84. The fourth-order valence-corrected chi connectivity index (χ4v) is 1.63. The number of rotatable bonds is 4. The summed E-state index contributed by atoms with van der Waals surface area (Å²) in [4.78, 5) is 0. The highest BCUT2D eigenvalue weighted by Gasteiger charge is 2.36. The fraction of sp³-hybridized carbons (Fsp3) is 0.778. The van der Waals surface area contributed by atoms with E-state index in [1.807, 2.05) is 0 Å². The van der Waals surface area contributed by atoms with Crippen LogP contribution in [0.15, 0.2) is 11.1 Å². The summed E-state index contributed by atoms with van der Waals surface area (Å²) < 4.78 is 1.04. The van der Waals surface area contributed by atoms with E-state index >= 15 is 0 Å². The third kappa shape index (κ3) is 2.96. The largest absolute Gasteiger partial charge is 0.309 e. The first-order valence-electron chi connectivity index (χ1n) is 4.18. The van der Waals surface area contributed by atoms with E-state index in [2.05, 4.69) is 41.7 Å². The zero-order valence-corrected chi connectivity index (χ0v) is 8.82. The van der Waals surface area contributed by atoms with E-state index < -0.39 is 0 Å². The highest BCUT2D eigenvalue weighted by Crippen LogP contribution is 2.40. The second kappa shape index (κ2) is 3.72. The minimum absolute atomic E-state index is 0.652. The summed E-state index contributed by atoms with van der Waals surface area (Å²) in [5.41, 5.74) is 0. The lowest BCUT2D eigenvalue weighted by molar-refractivity contribution is 0.501. The SMILES string of the molecule is C=C(Br)CNC(C)C1CC1C. The third-order valence-electron chi connectivity index (χ3n) is 2.43. The molecule has 0 radical (unpaired) electrons. The number of halogens is 1. The molecule has 2 heteroatoms. The molecule has 3 atom stereocenters. The van der Waals surface area contributed by atoms with Gasteiger partial charge >= 0.3 is 0 Å². The molecule has 64 valence electrons. The first kappa shape index (κ1) is 9.27. The molecular weight excluding hydrogens is 202 g/mol. The Bertz CT molecular complexity index is 156. The first-order chi connectivity index (χ1) is 5.11. The van der Waals surface area contributed by atoms with Crippen LogP contribution in [0.25, 0.3) is 0 Å². The summed E-state index contributed by atoms with van der Waals surface area (Å²) in [6.45, 7) is 9.24. The summed E-state index contributed by atoms with van der Waals surface area (Å²) >= 11 is 3.33. The van der Waals surface area contributed by atoms with Crippen LogP contribution in [0.1, 0.15) is 20.3 Å². The molecule has 1 nitrogen and oxygen atoms in total. The van der Waals surface area contributed by atoms with Gasteiger partial charge in [0.2, 0.25) is 0 Å². The number of hydrogen-bond donors (Lipinski definition) is 1. The maximum absolute atomic E-state index is 3.78. The quantitative estimate of drug-likeness (QED) is 0.764. The lowest BCUT2D eigenvalue weighted by Gasteiger charge is -2.11. The maximum atomic E-state index is 3.78. The average Bonchev–Trinajstić information content (AvgIpc) is 2.61. The highest BCUT2D eigenvalue weighted by atomic mass is 79.9. The minimum Gasteiger partial charge on any atom is -0.309 e. The molecule has 1 rings (SSSR count).